The molecule has 0 aliphatic heterocycles. The zero-order valence-corrected chi connectivity index (χ0v) is 12.2. The van der Waals surface area contributed by atoms with Crippen LogP contribution in [0.5, 0.6) is 5.75 Å². The van der Waals surface area contributed by atoms with E-state index in [1.165, 1.54) is 18.2 Å². The van der Waals surface area contributed by atoms with Crippen molar-refractivity contribution in [1.82, 2.24) is 5.32 Å². The number of nitrogens with one attached hydrogen (secondary N) is 1. The molecule has 126 valence electrons. The van der Waals surface area contributed by atoms with Gasteiger partial charge in [-0.3, -0.25) is 4.79 Å². The summed E-state index contributed by atoms with van der Waals surface area (Å²) in [5, 5.41) is 11.6. The Bertz CT molecular complexity index is 597. The maximum atomic E-state index is 12.1. The third-order valence-corrected chi connectivity index (χ3v) is 3.66. The molecule has 1 aliphatic carbocycles. The number of hydrogen-bond donors (Lipinski definition) is 2. The van der Waals surface area contributed by atoms with Gasteiger partial charge in [0, 0.05) is 0 Å². The first-order valence-corrected chi connectivity index (χ1v) is 7.03. The molecule has 8 heteroatoms. The van der Waals surface area contributed by atoms with Gasteiger partial charge in [-0.25, -0.2) is 4.79 Å². The lowest BCUT2D eigenvalue weighted by molar-refractivity contribution is -0.153. The summed E-state index contributed by atoms with van der Waals surface area (Å²) in [4.78, 5) is 23.1. The van der Waals surface area contributed by atoms with Gasteiger partial charge in [0.05, 0.1) is 6.42 Å². The van der Waals surface area contributed by atoms with Gasteiger partial charge in [0.1, 0.15) is 11.3 Å². The maximum Gasteiger partial charge on any atom is 0.422 e. The van der Waals surface area contributed by atoms with Crippen molar-refractivity contribution >= 4 is 11.9 Å². The number of benzene rings is 1. The topological polar surface area (TPSA) is 75.6 Å². The predicted molar refractivity (Wildman–Crippen MR) is 74.1 cm³/mol. The van der Waals surface area contributed by atoms with Crippen molar-refractivity contribution in [3.05, 3.63) is 29.8 Å². The Balaban J connectivity index is 1.94. The molecule has 1 aromatic carbocycles. The Labute approximate surface area is 130 Å². The van der Waals surface area contributed by atoms with Crippen molar-refractivity contribution in [2.75, 3.05) is 6.61 Å². The van der Waals surface area contributed by atoms with Crippen molar-refractivity contribution in [2.24, 2.45) is 0 Å². The number of carbonyl (C=O) groups excluding carboxylic acids is 1. The van der Waals surface area contributed by atoms with Crippen LogP contribution in [0.1, 0.15) is 24.8 Å². The van der Waals surface area contributed by atoms with Crippen LogP contribution in [0.3, 0.4) is 0 Å². The van der Waals surface area contributed by atoms with Crippen LogP contribution in [0.25, 0.3) is 0 Å². The number of aliphatic carboxylic acids is 1. The van der Waals surface area contributed by atoms with Crippen molar-refractivity contribution in [1.29, 1.82) is 0 Å². The third-order valence-electron chi connectivity index (χ3n) is 3.66. The maximum absolute atomic E-state index is 12.1. The van der Waals surface area contributed by atoms with Gasteiger partial charge < -0.3 is 15.2 Å². The summed E-state index contributed by atoms with van der Waals surface area (Å²) in [6, 6.07) is 5.73. The smallest absolute Gasteiger partial charge is 0.422 e. The fourth-order valence-electron chi connectivity index (χ4n) is 2.33. The summed E-state index contributed by atoms with van der Waals surface area (Å²) in [5.41, 5.74) is -0.761. The van der Waals surface area contributed by atoms with Gasteiger partial charge in [0.15, 0.2) is 6.61 Å². The molecular weight excluding hydrogens is 315 g/mol. The molecule has 0 heterocycles. The van der Waals surface area contributed by atoms with Gasteiger partial charge in [-0.15, -0.1) is 0 Å². The summed E-state index contributed by atoms with van der Waals surface area (Å²) in [7, 11) is 0. The van der Waals surface area contributed by atoms with Gasteiger partial charge in [0.2, 0.25) is 5.91 Å². The van der Waals surface area contributed by atoms with E-state index < -0.39 is 30.2 Å². The molecule has 2 rings (SSSR count). The number of rotatable bonds is 6. The van der Waals surface area contributed by atoms with Crippen molar-refractivity contribution in [2.45, 2.75) is 37.4 Å². The second-order valence-electron chi connectivity index (χ2n) is 5.52. The average molecular weight is 331 g/mol. The summed E-state index contributed by atoms with van der Waals surface area (Å²) in [5.74, 6) is -1.55. The number of amides is 1. The standard InChI is InChI=1S/C15H16F3NO4/c16-15(17,18)9-23-11-4-1-3-10(7-11)8-12(20)19-14(13(21)22)5-2-6-14/h1,3-4,7H,2,5-6,8-9H2,(H,19,20)(H,21,22). The first-order valence-electron chi connectivity index (χ1n) is 7.03. The fourth-order valence-corrected chi connectivity index (χ4v) is 2.33. The second-order valence-corrected chi connectivity index (χ2v) is 5.52. The molecule has 0 unspecified atom stereocenters. The van der Waals surface area contributed by atoms with E-state index in [1.807, 2.05) is 0 Å². The van der Waals surface area contributed by atoms with Crippen LogP contribution in [0.4, 0.5) is 13.2 Å². The minimum absolute atomic E-state index is 0.00390. The largest absolute Gasteiger partial charge is 0.484 e. The highest BCUT2D eigenvalue weighted by Crippen LogP contribution is 2.32. The van der Waals surface area contributed by atoms with Gasteiger partial charge in [-0.1, -0.05) is 12.1 Å². The van der Waals surface area contributed by atoms with Crippen molar-refractivity contribution in [3.8, 4) is 5.75 Å². The summed E-state index contributed by atoms with van der Waals surface area (Å²) in [6.45, 7) is -1.41. The minimum Gasteiger partial charge on any atom is -0.484 e. The highest BCUT2D eigenvalue weighted by Gasteiger charge is 2.45. The monoisotopic (exact) mass is 331 g/mol. The zero-order valence-electron chi connectivity index (χ0n) is 12.2. The van der Waals surface area contributed by atoms with E-state index in [4.69, 9.17) is 5.11 Å². The summed E-state index contributed by atoms with van der Waals surface area (Å²) in [6.07, 6.45) is -3.08. The van der Waals surface area contributed by atoms with E-state index in [0.717, 1.165) is 6.42 Å². The molecule has 0 bridgehead atoms. The van der Waals surface area contributed by atoms with Crippen molar-refractivity contribution in [3.63, 3.8) is 0 Å². The van der Waals surface area contributed by atoms with E-state index in [2.05, 4.69) is 10.1 Å². The molecule has 1 aliphatic rings. The van der Waals surface area contributed by atoms with E-state index >= 15 is 0 Å². The Morgan fingerprint density at radius 3 is 2.52 bits per heavy atom. The molecule has 0 aromatic heterocycles. The van der Waals surface area contributed by atoms with Gasteiger partial charge in [0.25, 0.3) is 0 Å². The molecule has 0 atom stereocenters. The van der Waals surface area contributed by atoms with Crippen molar-refractivity contribution < 1.29 is 32.6 Å². The molecule has 1 fully saturated rings. The number of alkyl halides is 3. The summed E-state index contributed by atoms with van der Waals surface area (Å²) >= 11 is 0. The van der Waals surface area contributed by atoms with Gasteiger partial charge >= 0.3 is 12.1 Å². The van der Waals surface area contributed by atoms with E-state index in [1.54, 1.807) is 6.07 Å². The van der Waals surface area contributed by atoms with E-state index in [-0.39, 0.29) is 12.2 Å². The highest BCUT2D eigenvalue weighted by molar-refractivity contribution is 5.88. The number of halogens is 3. The molecule has 1 amide bonds. The second kappa shape index (κ2) is 6.47. The normalized spacial score (nSPS) is 16.3. The number of hydrogen-bond acceptors (Lipinski definition) is 3. The Morgan fingerprint density at radius 2 is 2.00 bits per heavy atom. The lowest BCUT2D eigenvalue weighted by Crippen LogP contribution is -2.59. The Kier molecular flexibility index (Phi) is 4.82. The molecule has 1 saturated carbocycles. The third kappa shape index (κ3) is 4.61. The minimum atomic E-state index is -4.44. The quantitative estimate of drug-likeness (QED) is 0.839. The SMILES string of the molecule is O=C(Cc1cccc(OCC(F)(F)F)c1)NC1(C(=O)O)CCC1. The van der Waals surface area contributed by atoms with Crippen LogP contribution in [0.15, 0.2) is 24.3 Å². The lowest BCUT2D eigenvalue weighted by Gasteiger charge is -2.38. The van der Waals surface area contributed by atoms with Crippen LogP contribution in [0, 0.1) is 0 Å². The summed E-state index contributed by atoms with van der Waals surface area (Å²) < 4.78 is 41.0. The first kappa shape index (κ1) is 17.1. The van der Waals surface area contributed by atoms with Crippen LogP contribution in [-0.2, 0) is 16.0 Å². The van der Waals surface area contributed by atoms with Crippen LogP contribution < -0.4 is 10.1 Å². The van der Waals surface area contributed by atoms with Gasteiger partial charge in [-0.05, 0) is 37.0 Å². The number of carboxylic acids is 1. The van der Waals surface area contributed by atoms with Gasteiger partial charge in [-0.2, -0.15) is 13.2 Å². The molecule has 5 nitrogen and oxygen atoms in total. The number of carboxylic acid groups (broad SMARTS) is 1. The Morgan fingerprint density at radius 1 is 1.30 bits per heavy atom. The molecular formula is C15H16F3NO4. The molecule has 1 aromatic rings. The first-order chi connectivity index (χ1) is 10.7. The Hall–Kier alpha value is -2.25. The van der Waals surface area contributed by atoms with E-state index in [0.29, 0.717) is 18.4 Å². The lowest BCUT2D eigenvalue weighted by atomic mass is 9.76. The molecule has 23 heavy (non-hydrogen) atoms. The van der Waals surface area contributed by atoms with E-state index in [9.17, 15) is 22.8 Å². The molecule has 0 radical (unpaired) electrons. The highest BCUT2D eigenvalue weighted by atomic mass is 19.4. The predicted octanol–water partition coefficient (Wildman–Crippen LogP) is 2.29. The average Bonchev–Trinajstić information content (AvgIpc) is 2.40. The molecule has 0 saturated heterocycles. The number of carbonyl (C=O) groups is 2. The number of ether oxygens (including phenoxy) is 1. The fraction of sp³-hybridized carbons (Fsp3) is 0.467. The van der Waals surface area contributed by atoms with Crippen LogP contribution >= 0.6 is 0 Å². The van der Waals surface area contributed by atoms with Crippen LogP contribution in [-0.4, -0.2) is 35.3 Å². The molecule has 0 spiro atoms. The zero-order chi connectivity index (χ0) is 17.1. The van der Waals surface area contributed by atoms with Crippen LogP contribution in [0.2, 0.25) is 0 Å². The molecule has 2 N–H and O–H groups in total.